The summed E-state index contributed by atoms with van der Waals surface area (Å²) in [6.45, 7) is 1.65. The molecule has 3 rings (SSSR count). The van der Waals surface area contributed by atoms with Gasteiger partial charge in [-0.1, -0.05) is 30.3 Å². The summed E-state index contributed by atoms with van der Waals surface area (Å²) < 4.78 is 5.79. The van der Waals surface area contributed by atoms with E-state index in [-0.39, 0.29) is 24.1 Å². The van der Waals surface area contributed by atoms with Crippen LogP contribution in [0.5, 0.6) is 0 Å². The van der Waals surface area contributed by atoms with Gasteiger partial charge in [0.15, 0.2) is 0 Å². The van der Waals surface area contributed by atoms with Crippen LogP contribution in [-0.2, 0) is 9.53 Å². The number of nitrogens with zero attached hydrogens (tertiary/aromatic N) is 1. The largest absolute Gasteiger partial charge is 0.481 e. The zero-order chi connectivity index (χ0) is 16.9. The van der Waals surface area contributed by atoms with Gasteiger partial charge in [0.1, 0.15) is 6.10 Å². The summed E-state index contributed by atoms with van der Waals surface area (Å²) in [4.78, 5) is 25.3. The first-order valence-electron chi connectivity index (χ1n) is 8.58. The SMILES string of the molecule is O=C(O)C1CCC(NC(=O)N2CCOC(c3ccccc3)C2)CC1. The van der Waals surface area contributed by atoms with E-state index in [1.165, 1.54) is 0 Å². The third-order valence-electron chi connectivity index (χ3n) is 4.93. The van der Waals surface area contributed by atoms with Crippen LogP contribution in [0.25, 0.3) is 0 Å². The number of rotatable bonds is 3. The van der Waals surface area contributed by atoms with Crippen molar-refractivity contribution in [1.82, 2.24) is 10.2 Å². The summed E-state index contributed by atoms with van der Waals surface area (Å²) in [6.07, 6.45) is 2.64. The molecule has 2 N–H and O–H groups in total. The quantitative estimate of drug-likeness (QED) is 0.891. The van der Waals surface area contributed by atoms with Crippen molar-refractivity contribution in [2.75, 3.05) is 19.7 Å². The fourth-order valence-electron chi connectivity index (χ4n) is 3.45. The minimum absolute atomic E-state index is 0.0713. The molecule has 1 unspecified atom stereocenters. The fourth-order valence-corrected chi connectivity index (χ4v) is 3.45. The topological polar surface area (TPSA) is 78.9 Å². The zero-order valence-corrected chi connectivity index (χ0v) is 13.7. The van der Waals surface area contributed by atoms with E-state index in [0.29, 0.717) is 32.5 Å². The minimum Gasteiger partial charge on any atom is -0.481 e. The van der Waals surface area contributed by atoms with Crippen molar-refractivity contribution in [2.45, 2.75) is 37.8 Å². The minimum atomic E-state index is -0.723. The molecule has 1 aromatic rings. The smallest absolute Gasteiger partial charge is 0.317 e. The van der Waals surface area contributed by atoms with Gasteiger partial charge in [0.25, 0.3) is 0 Å². The van der Waals surface area contributed by atoms with Gasteiger partial charge in [-0.05, 0) is 31.2 Å². The maximum Gasteiger partial charge on any atom is 0.317 e. The maximum absolute atomic E-state index is 12.5. The summed E-state index contributed by atoms with van der Waals surface area (Å²) in [5, 5.41) is 12.1. The van der Waals surface area contributed by atoms with Gasteiger partial charge in [-0.2, -0.15) is 0 Å². The lowest BCUT2D eigenvalue weighted by Gasteiger charge is -2.35. The molecule has 2 amide bonds. The van der Waals surface area contributed by atoms with Crippen LogP contribution < -0.4 is 5.32 Å². The summed E-state index contributed by atoms with van der Waals surface area (Å²) >= 11 is 0. The number of carbonyl (C=O) groups is 2. The summed E-state index contributed by atoms with van der Waals surface area (Å²) in [5.74, 6) is -0.984. The first-order valence-corrected chi connectivity index (χ1v) is 8.58. The molecule has 0 aromatic heterocycles. The maximum atomic E-state index is 12.5. The molecule has 1 aliphatic carbocycles. The van der Waals surface area contributed by atoms with Crippen molar-refractivity contribution in [3.63, 3.8) is 0 Å². The molecule has 1 saturated carbocycles. The third-order valence-corrected chi connectivity index (χ3v) is 4.93. The summed E-state index contributed by atoms with van der Waals surface area (Å²) in [7, 11) is 0. The average Bonchev–Trinajstić information content (AvgIpc) is 2.63. The number of urea groups is 1. The lowest BCUT2D eigenvalue weighted by molar-refractivity contribution is -0.142. The molecule has 0 spiro atoms. The second kappa shape index (κ2) is 7.66. The predicted octanol–water partition coefficient (Wildman–Crippen LogP) is 2.41. The van der Waals surface area contributed by atoms with E-state index in [0.717, 1.165) is 18.4 Å². The van der Waals surface area contributed by atoms with Gasteiger partial charge in [-0.15, -0.1) is 0 Å². The van der Waals surface area contributed by atoms with Crippen molar-refractivity contribution >= 4 is 12.0 Å². The highest BCUT2D eigenvalue weighted by Gasteiger charge is 2.30. The van der Waals surface area contributed by atoms with Crippen LogP contribution >= 0.6 is 0 Å². The van der Waals surface area contributed by atoms with Gasteiger partial charge in [0.2, 0.25) is 0 Å². The monoisotopic (exact) mass is 332 g/mol. The van der Waals surface area contributed by atoms with E-state index in [4.69, 9.17) is 9.84 Å². The highest BCUT2D eigenvalue weighted by molar-refractivity contribution is 5.75. The van der Waals surface area contributed by atoms with E-state index in [1.54, 1.807) is 4.90 Å². The number of aliphatic carboxylic acids is 1. The van der Waals surface area contributed by atoms with Crippen LogP contribution in [0.1, 0.15) is 37.4 Å². The van der Waals surface area contributed by atoms with Gasteiger partial charge in [0, 0.05) is 12.6 Å². The van der Waals surface area contributed by atoms with Crippen LogP contribution in [0.2, 0.25) is 0 Å². The molecule has 6 nitrogen and oxygen atoms in total. The van der Waals surface area contributed by atoms with Gasteiger partial charge in [0.05, 0.1) is 19.1 Å². The Hall–Kier alpha value is -2.08. The number of carboxylic acid groups (broad SMARTS) is 1. The van der Waals surface area contributed by atoms with E-state index in [9.17, 15) is 9.59 Å². The summed E-state index contributed by atoms with van der Waals surface area (Å²) in [5.41, 5.74) is 1.08. The molecule has 0 radical (unpaired) electrons. The third kappa shape index (κ3) is 4.06. The molecule has 0 bridgehead atoms. The standard InChI is InChI=1S/C18H24N2O4/c21-17(22)14-6-8-15(9-7-14)19-18(23)20-10-11-24-16(12-20)13-4-2-1-3-5-13/h1-5,14-16H,6-12H2,(H,19,23)(H,21,22). The molecule has 2 fully saturated rings. The molecule has 1 aliphatic heterocycles. The molecule has 1 heterocycles. The Labute approximate surface area is 141 Å². The lowest BCUT2D eigenvalue weighted by Crippen LogP contribution is -2.50. The average molecular weight is 332 g/mol. The first kappa shape index (κ1) is 16.8. The number of ether oxygens (including phenoxy) is 1. The van der Waals surface area contributed by atoms with Gasteiger partial charge in [-0.3, -0.25) is 4.79 Å². The van der Waals surface area contributed by atoms with Crippen molar-refractivity contribution in [2.24, 2.45) is 5.92 Å². The first-order chi connectivity index (χ1) is 11.6. The Balaban J connectivity index is 1.51. The van der Waals surface area contributed by atoms with Gasteiger partial charge in [-0.25, -0.2) is 4.79 Å². The predicted molar refractivity (Wildman–Crippen MR) is 88.6 cm³/mol. The van der Waals surface area contributed by atoms with Crippen LogP contribution in [-0.4, -0.2) is 47.7 Å². The Morgan fingerprint density at radius 3 is 2.50 bits per heavy atom. The Kier molecular flexibility index (Phi) is 5.35. The number of hydrogen-bond donors (Lipinski definition) is 2. The Bertz CT molecular complexity index is 570. The number of hydrogen-bond acceptors (Lipinski definition) is 3. The zero-order valence-electron chi connectivity index (χ0n) is 13.7. The molecule has 1 atom stereocenters. The van der Waals surface area contributed by atoms with E-state index in [1.807, 2.05) is 30.3 Å². The number of carbonyl (C=O) groups excluding carboxylic acids is 1. The molecular formula is C18H24N2O4. The molecule has 6 heteroatoms. The second-order valence-corrected chi connectivity index (χ2v) is 6.55. The van der Waals surface area contributed by atoms with Crippen LogP contribution in [0.4, 0.5) is 4.79 Å². The van der Waals surface area contributed by atoms with Crippen molar-refractivity contribution in [1.29, 1.82) is 0 Å². The van der Waals surface area contributed by atoms with Crippen LogP contribution in [0.3, 0.4) is 0 Å². The van der Waals surface area contributed by atoms with Crippen molar-refractivity contribution < 1.29 is 19.4 Å². The molecule has 24 heavy (non-hydrogen) atoms. The van der Waals surface area contributed by atoms with E-state index in [2.05, 4.69) is 5.32 Å². The second-order valence-electron chi connectivity index (χ2n) is 6.55. The van der Waals surface area contributed by atoms with Gasteiger partial charge >= 0.3 is 12.0 Å². The fraction of sp³-hybridized carbons (Fsp3) is 0.556. The van der Waals surface area contributed by atoms with E-state index < -0.39 is 5.97 Å². The van der Waals surface area contributed by atoms with Crippen molar-refractivity contribution in [3.8, 4) is 0 Å². The number of nitrogens with one attached hydrogen (secondary N) is 1. The molecular weight excluding hydrogens is 308 g/mol. The summed E-state index contributed by atoms with van der Waals surface area (Å²) in [6, 6.07) is 9.93. The van der Waals surface area contributed by atoms with Crippen LogP contribution in [0, 0.1) is 5.92 Å². The normalized spacial score (nSPS) is 27.5. The number of carboxylic acids is 1. The lowest BCUT2D eigenvalue weighted by atomic mass is 9.86. The Morgan fingerprint density at radius 1 is 1.12 bits per heavy atom. The van der Waals surface area contributed by atoms with E-state index >= 15 is 0 Å². The van der Waals surface area contributed by atoms with Crippen molar-refractivity contribution in [3.05, 3.63) is 35.9 Å². The number of amides is 2. The number of morpholine rings is 1. The molecule has 2 aliphatic rings. The number of benzene rings is 1. The molecule has 130 valence electrons. The highest BCUT2D eigenvalue weighted by Crippen LogP contribution is 2.25. The molecule has 1 saturated heterocycles. The highest BCUT2D eigenvalue weighted by atomic mass is 16.5. The Morgan fingerprint density at radius 2 is 1.83 bits per heavy atom. The molecule has 1 aromatic carbocycles. The van der Waals surface area contributed by atoms with Gasteiger partial charge < -0.3 is 20.1 Å². The van der Waals surface area contributed by atoms with Crippen LogP contribution in [0.15, 0.2) is 30.3 Å².